The van der Waals surface area contributed by atoms with Crippen LogP contribution in [-0.4, -0.2) is 17.9 Å². The maximum atomic E-state index is 11.0. The van der Waals surface area contributed by atoms with Crippen LogP contribution < -0.4 is 0 Å². The van der Waals surface area contributed by atoms with Crippen LogP contribution in [0, 0.1) is 0 Å². The van der Waals surface area contributed by atoms with E-state index in [1.54, 1.807) is 6.08 Å². The fourth-order valence-corrected chi connectivity index (χ4v) is 1.38. The van der Waals surface area contributed by atoms with Crippen molar-refractivity contribution in [2.75, 3.05) is 0 Å². The first-order valence-corrected chi connectivity index (χ1v) is 7.56. The molecule has 0 unspecified atom stereocenters. The van der Waals surface area contributed by atoms with Crippen molar-refractivity contribution < 1.29 is 14.3 Å². The van der Waals surface area contributed by atoms with Gasteiger partial charge in [0.05, 0.1) is 6.10 Å². The van der Waals surface area contributed by atoms with Gasteiger partial charge >= 0.3 is 5.97 Å². The zero-order valence-corrected chi connectivity index (χ0v) is 13.6. The standard InChI is InChI=1S/C10H18O2.C5H6O.C2H6/c1-4-5-6-7-8-10(11)12-9(2)3;6-5-3-1-2-4-5;1-2/h4-5,9H,6-8H2,1-3H3;1,3H,2,4H2;1-2H3/b5-4-;;. The molecule has 0 bridgehead atoms. The number of unbranched alkanes of at least 4 members (excludes halogenated alkanes) is 1. The summed E-state index contributed by atoms with van der Waals surface area (Å²) in [6, 6.07) is 0. The maximum Gasteiger partial charge on any atom is 0.306 e. The largest absolute Gasteiger partial charge is 0.463 e. The van der Waals surface area contributed by atoms with E-state index in [-0.39, 0.29) is 17.9 Å². The lowest BCUT2D eigenvalue weighted by Crippen LogP contribution is -2.10. The molecular weight excluding hydrogens is 252 g/mol. The molecule has 0 saturated carbocycles. The predicted molar refractivity (Wildman–Crippen MR) is 84.6 cm³/mol. The van der Waals surface area contributed by atoms with Gasteiger partial charge in [-0.2, -0.15) is 0 Å². The lowest BCUT2D eigenvalue weighted by Gasteiger charge is -2.06. The summed E-state index contributed by atoms with van der Waals surface area (Å²) < 4.78 is 4.97. The molecule has 0 heterocycles. The number of esters is 1. The molecule has 116 valence electrons. The van der Waals surface area contributed by atoms with Crippen LogP contribution in [0.3, 0.4) is 0 Å². The van der Waals surface area contributed by atoms with Gasteiger partial charge in [-0.15, -0.1) is 0 Å². The second kappa shape index (κ2) is 15.7. The van der Waals surface area contributed by atoms with Gasteiger partial charge in [0.25, 0.3) is 0 Å². The third-order valence-electron chi connectivity index (χ3n) is 2.22. The average Bonchev–Trinajstić information content (AvgIpc) is 2.88. The van der Waals surface area contributed by atoms with Crippen molar-refractivity contribution in [2.24, 2.45) is 0 Å². The van der Waals surface area contributed by atoms with Crippen LogP contribution in [0.4, 0.5) is 0 Å². The first-order valence-electron chi connectivity index (χ1n) is 7.56. The number of rotatable bonds is 5. The monoisotopic (exact) mass is 282 g/mol. The highest BCUT2D eigenvalue weighted by Crippen LogP contribution is 2.01. The minimum absolute atomic E-state index is 0.0132. The SMILES string of the molecule is C/C=C\CCCC(=O)OC(C)C.CC.O=C1C=CCC1. The normalized spacial score (nSPS) is 12.8. The molecule has 3 heteroatoms. The molecule has 0 saturated heterocycles. The molecule has 0 N–H and O–H groups in total. The van der Waals surface area contributed by atoms with Gasteiger partial charge < -0.3 is 4.74 Å². The number of carbonyl (C=O) groups excluding carboxylic acids is 2. The second-order valence-electron chi connectivity index (χ2n) is 4.41. The van der Waals surface area contributed by atoms with Crippen molar-refractivity contribution in [2.45, 2.75) is 72.8 Å². The third-order valence-corrected chi connectivity index (χ3v) is 2.22. The van der Waals surface area contributed by atoms with Gasteiger partial charge in [0.2, 0.25) is 0 Å². The minimum Gasteiger partial charge on any atom is -0.463 e. The molecule has 0 atom stereocenters. The van der Waals surface area contributed by atoms with Crippen LogP contribution >= 0.6 is 0 Å². The molecule has 0 fully saturated rings. The Morgan fingerprint density at radius 2 is 2.05 bits per heavy atom. The van der Waals surface area contributed by atoms with Crippen LogP contribution in [0.15, 0.2) is 24.3 Å². The number of hydrogen-bond acceptors (Lipinski definition) is 3. The van der Waals surface area contributed by atoms with Crippen molar-refractivity contribution in [1.82, 2.24) is 0 Å². The molecule has 0 spiro atoms. The van der Waals surface area contributed by atoms with Crippen LogP contribution in [0.1, 0.15) is 66.7 Å². The fraction of sp³-hybridized carbons (Fsp3) is 0.647. The third kappa shape index (κ3) is 16.6. The Labute approximate surface area is 124 Å². The van der Waals surface area contributed by atoms with E-state index in [1.165, 1.54) is 0 Å². The molecule has 0 aromatic heterocycles. The van der Waals surface area contributed by atoms with Crippen molar-refractivity contribution >= 4 is 11.8 Å². The summed E-state index contributed by atoms with van der Waals surface area (Å²) in [6.07, 6.45) is 11.7. The van der Waals surface area contributed by atoms with E-state index in [9.17, 15) is 9.59 Å². The molecule has 20 heavy (non-hydrogen) atoms. The lowest BCUT2D eigenvalue weighted by atomic mass is 10.2. The Morgan fingerprint density at radius 1 is 1.40 bits per heavy atom. The summed E-state index contributed by atoms with van der Waals surface area (Å²) in [7, 11) is 0. The van der Waals surface area contributed by atoms with Gasteiger partial charge in [-0.3, -0.25) is 9.59 Å². The summed E-state index contributed by atoms with van der Waals surface area (Å²) in [5, 5.41) is 0. The predicted octanol–water partition coefficient (Wildman–Crippen LogP) is 4.62. The molecule has 1 rings (SSSR count). The van der Waals surface area contributed by atoms with E-state index in [4.69, 9.17) is 4.74 Å². The summed E-state index contributed by atoms with van der Waals surface area (Å²) in [4.78, 5) is 21.1. The molecule has 0 aromatic carbocycles. The molecule has 0 aromatic rings. The maximum absolute atomic E-state index is 11.0. The topological polar surface area (TPSA) is 43.4 Å². The Balaban J connectivity index is 0. The average molecular weight is 282 g/mol. The minimum atomic E-state index is -0.0884. The lowest BCUT2D eigenvalue weighted by molar-refractivity contribution is -0.147. The Morgan fingerprint density at radius 3 is 2.40 bits per heavy atom. The smallest absolute Gasteiger partial charge is 0.306 e. The van der Waals surface area contributed by atoms with E-state index in [0.29, 0.717) is 6.42 Å². The molecule has 0 aliphatic heterocycles. The van der Waals surface area contributed by atoms with Gasteiger partial charge in [0.15, 0.2) is 5.78 Å². The van der Waals surface area contributed by atoms with Gasteiger partial charge in [-0.1, -0.05) is 32.1 Å². The summed E-state index contributed by atoms with van der Waals surface area (Å²) in [5.41, 5.74) is 0. The Hall–Kier alpha value is -1.38. The van der Waals surface area contributed by atoms with Crippen molar-refractivity contribution in [3.05, 3.63) is 24.3 Å². The first kappa shape index (κ1) is 20.9. The number of allylic oxidation sites excluding steroid dienone is 4. The van der Waals surface area contributed by atoms with Crippen LogP contribution in [-0.2, 0) is 14.3 Å². The molecule has 1 aliphatic carbocycles. The Kier molecular flexibility index (Phi) is 16.4. The number of ether oxygens (including phenoxy) is 1. The van der Waals surface area contributed by atoms with Crippen LogP contribution in [0.25, 0.3) is 0 Å². The van der Waals surface area contributed by atoms with E-state index in [1.807, 2.05) is 46.8 Å². The second-order valence-corrected chi connectivity index (χ2v) is 4.41. The zero-order valence-electron chi connectivity index (χ0n) is 13.6. The summed E-state index contributed by atoms with van der Waals surface area (Å²) in [5.74, 6) is 0.185. The highest BCUT2D eigenvalue weighted by Gasteiger charge is 2.03. The Bertz CT molecular complexity index is 301. The van der Waals surface area contributed by atoms with Crippen molar-refractivity contribution in [1.29, 1.82) is 0 Å². The molecule has 1 aliphatic rings. The van der Waals surface area contributed by atoms with E-state index in [0.717, 1.165) is 25.7 Å². The molecule has 3 nitrogen and oxygen atoms in total. The summed E-state index contributed by atoms with van der Waals surface area (Å²) in [6.45, 7) is 9.71. The number of ketones is 1. The van der Waals surface area contributed by atoms with Gasteiger partial charge in [-0.25, -0.2) is 0 Å². The number of carbonyl (C=O) groups is 2. The highest BCUT2D eigenvalue weighted by molar-refractivity contribution is 5.91. The fourth-order valence-electron chi connectivity index (χ4n) is 1.38. The number of hydrogen-bond donors (Lipinski definition) is 0. The summed E-state index contributed by atoms with van der Waals surface area (Å²) >= 11 is 0. The molecule has 0 radical (unpaired) electrons. The highest BCUT2D eigenvalue weighted by atomic mass is 16.5. The first-order chi connectivity index (χ1) is 9.56. The van der Waals surface area contributed by atoms with Gasteiger partial charge in [0, 0.05) is 12.8 Å². The van der Waals surface area contributed by atoms with E-state index < -0.39 is 0 Å². The van der Waals surface area contributed by atoms with Crippen molar-refractivity contribution in [3.63, 3.8) is 0 Å². The zero-order chi connectivity index (χ0) is 15.8. The van der Waals surface area contributed by atoms with Crippen molar-refractivity contribution in [3.8, 4) is 0 Å². The molecular formula is C17H30O3. The van der Waals surface area contributed by atoms with Crippen LogP contribution in [0.5, 0.6) is 0 Å². The van der Waals surface area contributed by atoms with Crippen LogP contribution in [0.2, 0.25) is 0 Å². The van der Waals surface area contributed by atoms with Gasteiger partial charge in [-0.05, 0) is 46.1 Å². The van der Waals surface area contributed by atoms with Gasteiger partial charge in [0.1, 0.15) is 0 Å². The van der Waals surface area contributed by atoms with E-state index in [2.05, 4.69) is 6.08 Å². The quantitative estimate of drug-likeness (QED) is 0.420. The molecule has 0 amide bonds. The van der Waals surface area contributed by atoms with E-state index >= 15 is 0 Å².